The van der Waals surface area contributed by atoms with Crippen molar-refractivity contribution in [2.75, 3.05) is 13.6 Å². The first-order valence-electron chi connectivity index (χ1n) is 9.98. The van der Waals surface area contributed by atoms with Crippen molar-refractivity contribution in [1.82, 2.24) is 10.2 Å². The molecule has 0 aliphatic carbocycles. The highest BCUT2D eigenvalue weighted by Crippen LogP contribution is 2.10. The molecule has 0 aliphatic rings. The molecule has 1 N–H and O–H groups in total. The molecule has 160 valence electrons. The Hall–Kier alpha value is -2.99. The Labute approximate surface area is 178 Å². The van der Waals surface area contributed by atoms with E-state index in [4.69, 9.17) is 4.74 Å². The highest BCUT2D eigenvalue weighted by atomic mass is 16.6. The molecule has 1 amide bonds. The predicted octanol–water partition coefficient (Wildman–Crippen LogP) is 2.76. The monoisotopic (exact) mass is 410 g/mol. The van der Waals surface area contributed by atoms with Gasteiger partial charge in [0.15, 0.2) is 0 Å². The summed E-state index contributed by atoms with van der Waals surface area (Å²) in [6, 6.07) is 18.6. The molecule has 0 bridgehead atoms. The number of Topliss-reactive ketones (excluding diaryl/α,β-unsaturated/α-hetero) is 1. The van der Waals surface area contributed by atoms with Crippen LogP contribution in [0.2, 0.25) is 0 Å². The third-order valence-electron chi connectivity index (χ3n) is 4.36. The number of esters is 1. The zero-order valence-electron chi connectivity index (χ0n) is 18.1. The number of ether oxygens (including phenoxy) is 1. The quantitative estimate of drug-likeness (QED) is 0.508. The average molecular weight is 411 g/mol. The molecule has 0 fully saturated rings. The number of rotatable bonds is 9. The van der Waals surface area contributed by atoms with Crippen LogP contribution >= 0.6 is 0 Å². The van der Waals surface area contributed by atoms with Gasteiger partial charge in [0.25, 0.3) is 5.78 Å². The van der Waals surface area contributed by atoms with E-state index in [1.54, 1.807) is 32.7 Å². The van der Waals surface area contributed by atoms with Crippen molar-refractivity contribution in [2.24, 2.45) is 0 Å². The fraction of sp³-hybridized carbons (Fsp3) is 0.375. The van der Waals surface area contributed by atoms with Gasteiger partial charge < -0.3 is 9.64 Å². The number of hydrogen-bond acceptors (Lipinski definition) is 5. The summed E-state index contributed by atoms with van der Waals surface area (Å²) in [5.74, 6) is -1.76. The molecular formula is C24H30N2O4. The van der Waals surface area contributed by atoms with E-state index >= 15 is 0 Å². The van der Waals surface area contributed by atoms with Crippen LogP contribution in [0.3, 0.4) is 0 Å². The maximum Gasteiger partial charge on any atom is 0.376 e. The summed E-state index contributed by atoms with van der Waals surface area (Å²) in [4.78, 5) is 38.9. The van der Waals surface area contributed by atoms with Gasteiger partial charge in [-0.25, -0.2) is 4.79 Å². The van der Waals surface area contributed by atoms with Crippen LogP contribution in [0.4, 0.5) is 0 Å². The van der Waals surface area contributed by atoms with Crippen LogP contribution in [0.15, 0.2) is 60.7 Å². The molecule has 0 heterocycles. The van der Waals surface area contributed by atoms with Crippen LogP contribution in [0.5, 0.6) is 0 Å². The lowest BCUT2D eigenvalue weighted by Crippen LogP contribution is -2.48. The topological polar surface area (TPSA) is 75.7 Å². The first kappa shape index (κ1) is 23.3. The van der Waals surface area contributed by atoms with Gasteiger partial charge >= 0.3 is 5.97 Å². The molecule has 6 nitrogen and oxygen atoms in total. The molecule has 0 aliphatic heterocycles. The largest absolute Gasteiger partial charge is 0.454 e. The van der Waals surface area contributed by atoms with Crippen LogP contribution in [0, 0.1) is 0 Å². The van der Waals surface area contributed by atoms with E-state index in [1.165, 1.54) is 0 Å². The average Bonchev–Trinajstić information content (AvgIpc) is 2.70. The number of amides is 1. The lowest BCUT2D eigenvalue weighted by molar-refractivity contribution is -0.162. The van der Waals surface area contributed by atoms with E-state index in [0.717, 1.165) is 11.1 Å². The van der Waals surface area contributed by atoms with Gasteiger partial charge in [-0.2, -0.15) is 0 Å². The van der Waals surface area contributed by atoms with Crippen LogP contribution in [0.1, 0.15) is 31.9 Å². The molecule has 0 spiro atoms. The maximum absolute atomic E-state index is 13.1. The first-order chi connectivity index (χ1) is 14.2. The molecule has 6 heteroatoms. The molecule has 1 atom stereocenters. The minimum Gasteiger partial charge on any atom is -0.454 e. The van der Waals surface area contributed by atoms with Crippen molar-refractivity contribution < 1.29 is 19.1 Å². The van der Waals surface area contributed by atoms with E-state index in [2.05, 4.69) is 5.32 Å². The first-order valence-corrected chi connectivity index (χ1v) is 9.98. The lowest BCUT2D eigenvalue weighted by Gasteiger charge is -2.25. The number of carbonyl (C=O) groups is 3. The summed E-state index contributed by atoms with van der Waals surface area (Å²) in [5, 5.41) is 2.96. The Balaban J connectivity index is 2.07. The minimum absolute atomic E-state index is 0.153. The summed E-state index contributed by atoms with van der Waals surface area (Å²) < 4.78 is 5.11. The molecule has 2 aromatic carbocycles. The van der Waals surface area contributed by atoms with E-state index in [-0.39, 0.29) is 12.5 Å². The molecule has 0 aromatic heterocycles. The van der Waals surface area contributed by atoms with Crippen molar-refractivity contribution in [3.63, 3.8) is 0 Å². The van der Waals surface area contributed by atoms with Gasteiger partial charge in [0.2, 0.25) is 5.91 Å². The SMILES string of the molecule is CN(Cc1ccccc1)C(=O)[C@H](Cc1ccccc1)NCC(=O)C(=O)OC(C)(C)C. The number of hydrogen-bond donors (Lipinski definition) is 1. The van der Waals surface area contributed by atoms with Crippen LogP contribution in [-0.4, -0.2) is 47.8 Å². The van der Waals surface area contributed by atoms with Crippen LogP contribution in [0.25, 0.3) is 0 Å². The Kier molecular flexibility index (Phi) is 8.30. The van der Waals surface area contributed by atoms with Crippen molar-refractivity contribution >= 4 is 17.7 Å². The predicted molar refractivity (Wildman–Crippen MR) is 116 cm³/mol. The minimum atomic E-state index is -0.904. The zero-order valence-corrected chi connectivity index (χ0v) is 18.1. The number of benzene rings is 2. The third-order valence-corrected chi connectivity index (χ3v) is 4.36. The summed E-state index contributed by atoms with van der Waals surface area (Å²) in [6.45, 7) is 5.29. The molecule has 0 saturated carbocycles. The fourth-order valence-electron chi connectivity index (χ4n) is 2.92. The number of nitrogens with zero attached hydrogens (tertiary/aromatic N) is 1. The highest BCUT2D eigenvalue weighted by molar-refractivity contribution is 6.34. The summed E-state index contributed by atoms with van der Waals surface area (Å²) >= 11 is 0. The Bertz CT molecular complexity index is 845. The van der Waals surface area contributed by atoms with Crippen molar-refractivity contribution in [2.45, 2.75) is 45.4 Å². The van der Waals surface area contributed by atoms with Gasteiger partial charge in [-0.05, 0) is 38.3 Å². The molecule has 30 heavy (non-hydrogen) atoms. The van der Waals surface area contributed by atoms with E-state index < -0.39 is 23.4 Å². The molecule has 0 radical (unpaired) electrons. The second-order valence-electron chi connectivity index (χ2n) is 8.23. The van der Waals surface area contributed by atoms with E-state index in [1.807, 2.05) is 60.7 Å². The van der Waals surface area contributed by atoms with Gasteiger partial charge in [0.05, 0.1) is 12.6 Å². The smallest absolute Gasteiger partial charge is 0.376 e. The molecule has 0 unspecified atom stereocenters. The fourth-order valence-corrected chi connectivity index (χ4v) is 2.92. The number of nitrogens with one attached hydrogen (secondary N) is 1. The maximum atomic E-state index is 13.1. The van der Waals surface area contributed by atoms with Gasteiger partial charge in [-0.1, -0.05) is 60.7 Å². The van der Waals surface area contributed by atoms with Crippen LogP contribution in [-0.2, 0) is 32.1 Å². The second-order valence-corrected chi connectivity index (χ2v) is 8.23. The molecular weight excluding hydrogens is 380 g/mol. The Morgan fingerprint density at radius 2 is 1.47 bits per heavy atom. The Morgan fingerprint density at radius 3 is 2.00 bits per heavy atom. The summed E-state index contributed by atoms with van der Waals surface area (Å²) in [5.41, 5.74) is 1.22. The van der Waals surface area contributed by atoms with Gasteiger partial charge in [-0.15, -0.1) is 0 Å². The van der Waals surface area contributed by atoms with Crippen molar-refractivity contribution in [3.05, 3.63) is 71.8 Å². The van der Waals surface area contributed by atoms with Gasteiger partial charge in [0.1, 0.15) is 5.60 Å². The van der Waals surface area contributed by atoms with E-state index in [9.17, 15) is 14.4 Å². The second kappa shape index (κ2) is 10.7. The summed E-state index contributed by atoms with van der Waals surface area (Å²) in [6.07, 6.45) is 0.403. The van der Waals surface area contributed by atoms with Gasteiger partial charge in [-0.3, -0.25) is 14.9 Å². The number of ketones is 1. The van der Waals surface area contributed by atoms with Crippen LogP contribution < -0.4 is 5.32 Å². The van der Waals surface area contributed by atoms with Crippen molar-refractivity contribution in [3.8, 4) is 0 Å². The standard InChI is InChI=1S/C24H30N2O4/c1-24(2,3)30-23(29)21(27)16-25-20(15-18-11-7-5-8-12-18)22(28)26(4)17-19-13-9-6-10-14-19/h5-14,20,25H,15-17H2,1-4H3/t20-/m0/s1. The number of likely N-dealkylation sites (N-methyl/N-ethyl adjacent to an activating group) is 1. The van der Waals surface area contributed by atoms with Gasteiger partial charge in [0, 0.05) is 13.6 Å². The Morgan fingerprint density at radius 1 is 0.933 bits per heavy atom. The number of carbonyl (C=O) groups excluding carboxylic acids is 3. The normalized spacial score (nSPS) is 12.1. The lowest BCUT2D eigenvalue weighted by atomic mass is 10.0. The molecule has 2 rings (SSSR count). The summed E-state index contributed by atoms with van der Waals surface area (Å²) in [7, 11) is 1.73. The third kappa shape index (κ3) is 7.79. The van der Waals surface area contributed by atoms with E-state index in [0.29, 0.717) is 13.0 Å². The zero-order chi connectivity index (χ0) is 22.1. The molecule has 2 aromatic rings. The molecule has 0 saturated heterocycles. The van der Waals surface area contributed by atoms with Crippen molar-refractivity contribution in [1.29, 1.82) is 0 Å². The highest BCUT2D eigenvalue weighted by Gasteiger charge is 2.27.